The van der Waals surface area contributed by atoms with Gasteiger partial charge in [-0.25, -0.2) is 13.1 Å². The maximum absolute atomic E-state index is 12.6. The molecule has 1 aliphatic heterocycles. The van der Waals surface area contributed by atoms with E-state index in [1.807, 2.05) is 0 Å². The van der Waals surface area contributed by atoms with E-state index in [-0.39, 0.29) is 16.4 Å². The summed E-state index contributed by atoms with van der Waals surface area (Å²) in [7, 11) is 0.642. The fourth-order valence-electron chi connectivity index (χ4n) is 2.88. The van der Waals surface area contributed by atoms with E-state index in [0.29, 0.717) is 18.8 Å². The van der Waals surface area contributed by atoms with Crippen molar-refractivity contribution in [1.29, 1.82) is 0 Å². The number of likely N-dealkylation sites (tertiary alicyclic amines) is 1. The zero-order chi connectivity index (χ0) is 17.6. The highest BCUT2D eigenvalue weighted by molar-refractivity contribution is 7.89. The van der Waals surface area contributed by atoms with E-state index < -0.39 is 10.0 Å². The van der Waals surface area contributed by atoms with Gasteiger partial charge in [0.2, 0.25) is 15.8 Å². The number of piperidine rings is 1. The summed E-state index contributed by atoms with van der Waals surface area (Å²) in [6.45, 7) is 3.12. The quantitative estimate of drug-likeness (QED) is 0.758. The van der Waals surface area contributed by atoms with Crippen LogP contribution in [0.1, 0.15) is 19.3 Å². The van der Waals surface area contributed by atoms with Gasteiger partial charge in [0.1, 0.15) is 4.90 Å². The van der Waals surface area contributed by atoms with Crippen LogP contribution in [0.2, 0.25) is 0 Å². The van der Waals surface area contributed by atoms with Crippen LogP contribution in [0, 0.1) is 0 Å². The molecule has 136 valence electrons. The summed E-state index contributed by atoms with van der Waals surface area (Å²) in [5.74, 6) is 0.822. The lowest BCUT2D eigenvalue weighted by molar-refractivity contribution is 0.232. The van der Waals surface area contributed by atoms with E-state index >= 15 is 0 Å². The van der Waals surface area contributed by atoms with Gasteiger partial charge < -0.3 is 19.1 Å². The van der Waals surface area contributed by atoms with Gasteiger partial charge >= 0.3 is 0 Å². The van der Waals surface area contributed by atoms with Gasteiger partial charge in [-0.1, -0.05) is 6.42 Å². The van der Waals surface area contributed by atoms with Crippen molar-refractivity contribution in [2.24, 2.45) is 0 Å². The maximum atomic E-state index is 12.6. The number of rotatable bonds is 8. The van der Waals surface area contributed by atoms with Gasteiger partial charge in [0.25, 0.3) is 0 Å². The third kappa shape index (κ3) is 4.31. The lowest BCUT2D eigenvalue weighted by Crippen LogP contribution is -2.37. The molecule has 1 fully saturated rings. The van der Waals surface area contributed by atoms with E-state index in [1.165, 1.54) is 46.7 Å². The van der Waals surface area contributed by atoms with Gasteiger partial charge in [0.05, 0.1) is 21.3 Å². The normalized spacial score (nSPS) is 16.0. The van der Waals surface area contributed by atoms with Gasteiger partial charge in [-0.2, -0.15) is 0 Å². The number of ether oxygens (including phenoxy) is 3. The van der Waals surface area contributed by atoms with Crippen LogP contribution in [0.5, 0.6) is 17.2 Å². The lowest BCUT2D eigenvalue weighted by Gasteiger charge is -2.26. The Balaban J connectivity index is 2.13. The van der Waals surface area contributed by atoms with E-state index in [4.69, 9.17) is 14.2 Å². The average molecular weight is 358 g/mol. The molecule has 0 spiro atoms. The van der Waals surface area contributed by atoms with Gasteiger partial charge in [-0.3, -0.25) is 0 Å². The minimum Gasteiger partial charge on any atom is -0.493 e. The second-order valence-corrected chi connectivity index (χ2v) is 7.37. The van der Waals surface area contributed by atoms with Crippen LogP contribution in [0.25, 0.3) is 0 Å². The van der Waals surface area contributed by atoms with Gasteiger partial charge in [0.15, 0.2) is 11.5 Å². The summed E-state index contributed by atoms with van der Waals surface area (Å²) < 4.78 is 43.6. The number of hydrogen-bond acceptors (Lipinski definition) is 6. The number of sulfonamides is 1. The van der Waals surface area contributed by atoms with Crippen molar-refractivity contribution in [2.75, 3.05) is 47.5 Å². The summed E-state index contributed by atoms with van der Waals surface area (Å²) in [6.07, 6.45) is 3.61. The molecule has 1 saturated heterocycles. The monoisotopic (exact) mass is 358 g/mol. The third-order valence-corrected chi connectivity index (χ3v) is 5.61. The van der Waals surface area contributed by atoms with Crippen molar-refractivity contribution >= 4 is 10.0 Å². The fraction of sp³-hybridized carbons (Fsp3) is 0.625. The van der Waals surface area contributed by atoms with Crippen LogP contribution in [0.15, 0.2) is 17.0 Å². The van der Waals surface area contributed by atoms with Crippen molar-refractivity contribution in [1.82, 2.24) is 9.62 Å². The first kappa shape index (κ1) is 18.8. The Morgan fingerprint density at radius 3 is 2.25 bits per heavy atom. The number of methoxy groups -OCH3 is 3. The van der Waals surface area contributed by atoms with Gasteiger partial charge in [-0.05, 0) is 38.1 Å². The molecule has 0 radical (unpaired) electrons. The highest BCUT2D eigenvalue weighted by Gasteiger charge is 2.25. The Kier molecular flexibility index (Phi) is 6.70. The number of nitrogens with one attached hydrogen (secondary N) is 1. The first-order valence-corrected chi connectivity index (χ1v) is 9.52. The van der Waals surface area contributed by atoms with Crippen LogP contribution < -0.4 is 18.9 Å². The third-order valence-electron chi connectivity index (χ3n) is 4.13. The fourth-order valence-corrected chi connectivity index (χ4v) is 4.07. The minimum atomic E-state index is -3.70. The molecule has 24 heavy (non-hydrogen) atoms. The molecule has 1 aromatic rings. The van der Waals surface area contributed by atoms with Crippen molar-refractivity contribution in [2.45, 2.75) is 24.2 Å². The van der Waals surface area contributed by atoms with E-state index in [0.717, 1.165) is 13.1 Å². The molecular formula is C16H26N2O5S. The predicted octanol–water partition coefficient (Wildman–Crippen LogP) is 1.48. The molecular weight excluding hydrogens is 332 g/mol. The zero-order valence-corrected chi connectivity index (χ0v) is 15.3. The number of nitrogens with zero attached hydrogens (tertiary/aromatic N) is 1. The summed E-state index contributed by atoms with van der Waals surface area (Å²) in [5.41, 5.74) is 0. The van der Waals surface area contributed by atoms with Crippen molar-refractivity contribution in [3.63, 3.8) is 0 Å². The van der Waals surface area contributed by atoms with Crippen LogP contribution >= 0.6 is 0 Å². The van der Waals surface area contributed by atoms with E-state index in [1.54, 1.807) is 6.07 Å². The van der Waals surface area contributed by atoms with Crippen LogP contribution in [0.4, 0.5) is 0 Å². The molecule has 2 rings (SSSR count). The standard InChI is InChI=1S/C16H26N2O5S/c1-21-13-7-8-14(16(23-3)15(13)22-2)24(19,20)17-9-12-18-10-5-4-6-11-18/h7-8,17H,4-6,9-12H2,1-3H3. The van der Waals surface area contributed by atoms with E-state index in [2.05, 4.69) is 9.62 Å². The molecule has 8 heteroatoms. The Morgan fingerprint density at radius 2 is 1.67 bits per heavy atom. The molecule has 0 aliphatic carbocycles. The molecule has 1 N–H and O–H groups in total. The van der Waals surface area contributed by atoms with Crippen LogP contribution in [0.3, 0.4) is 0 Å². The van der Waals surface area contributed by atoms with Gasteiger partial charge in [0, 0.05) is 13.1 Å². The second-order valence-electron chi connectivity index (χ2n) is 5.63. The van der Waals surface area contributed by atoms with Crippen LogP contribution in [-0.4, -0.2) is 60.8 Å². The Hall–Kier alpha value is -1.51. The Bertz CT molecular complexity index is 642. The van der Waals surface area contributed by atoms with Gasteiger partial charge in [-0.15, -0.1) is 0 Å². The summed E-state index contributed by atoms with van der Waals surface area (Å²) in [4.78, 5) is 2.32. The highest BCUT2D eigenvalue weighted by Crippen LogP contribution is 2.41. The van der Waals surface area contributed by atoms with Crippen LogP contribution in [-0.2, 0) is 10.0 Å². The summed E-state index contributed by atoms with van der Waals surface area (Å²) >= 11 is 0. The second kappa shape index (κ2) is 8.55. The van der Waals surface area contributed by atoms with E-state index in [9.17, 15) is 8.42 Å². The smallest absolute Gasteiger partial charge is 0.244 e. The molecule has 0 saturated carbocycles. The molecule has 0 atom stereocenters. The predicted molar refractivity (Wildman–Crippen MR) is 91.6 cm³/mol. The molecule has 0 unspecified atom stereocenters. The molecule has 7 nitrogen and oxygen atoms in total. The lowest BCUT2D eigenvalue weighted by atomic mass is 10.1. The Morgan fingerprint density at radius 1 is 1.00 bits per heavy atom. The highest BCUT2D eigenvalue weighted by atomic mass is 32.2. The average Bonchev–Trinajstić information content (AvgIpc) is 2.60. The minimum absolute atomic E-state index is 0.0429. The molecule has 1 aliphatic rings. The summed E-state index contributed by atoms with van der Waals surface area (Å²) in [5, 5.41) is 0. The number of hydrogen-bond donors (Lipinski definition) is 1. The van der Waals surface area contributed by atoms with Crippen molar-refractivity contribution < 1.29 is 22.6 Å². The number of benzene rings is 1. The molecule has 1 aromatic carbocycles. The SMILES string of the molecule is COc1ccc(S(=O)(=O)NCCN2CCCCC2)c(OC)c1OC. The first-order chi connectivity index (χ1) is 11.5. The molecule has 1 heterocycles. The first-order valence-electron chi connectivity index (χ1n) is 8.04. The topological polar surface area (TPSA) is 77.1 Å². The van der Waals surface area contributed by atoms with Crippen molar-refractivity contribution in [3.8, 4) is 17.2 Å². The molecule has 0 aromatic heterocycles. The molecule has 0 amide bonds. The Labute approximate surface area is 143 Å². The zero-order valence-electron chi connectivity index (χ0n) is 14.5. The molecule has 0 bridgehead atoms. The van der Waals surface area contributed by atoms with Crippen molar-refractivity contribution in [3.05, 3.63) is 12.1 Å². The largest absolute Gasteiger partial charge is 0.493 e. The maximum Gasteiger partial charge on any atom is 0.244 e. The summed E-state index contributed by atoms with van der Waals surface area (Å²) in [6, 6.07) is 3.02.